The maximum atomic E-state index is 6.01. The van der Waals surface area contributed by atoms with Gasteiger partial charge in [-0.1, -0.05) is 18.5 Å². The maximum Gasteiger partial charge on any atom is 0.171 e. The highest BCUT2D eigenvalue weighted by atomic mass is 79.9. The van der Waals surface area contributed by atoms with Crippen molar-refractivity contribution in [3.8, 4) is 0 Å². The summed E-state index contributed by atoms with van der Waals surface area (Å²) >= 11 is 14.6. The van der Waals surface area contributed by atoms with Gasteiger partial charge in [-0.2, -0.15) is 0 Å². The molecule has 2 N–H and O–H groups in total. The van der Waals surface area contributed by atoms with Crippen LogP contribution in [-0.4, -0.2) is 10.7 Å². The molecule has 5 heteroatoms. The first-order valence-corrected chi connectivity index (χ1v) is 6.96. The third-order valence-corrected chi connectivity index (χ3v) is 3.95. The van der Waals surface area contributed by atoms with E-state index < -0.39 is 0 Å². The van der Waals surface area contributed by atoms with Gasteiger partial charge in [0, 0.05) is 15.7 Å². The van der Waals surface area contributed by atoms with Crippen molar-refractivity contribution in [2.75, 3.05) is 5.32 Å². The fourth-order valence-corrected chi connectivity index (χ4v) is 1.95. The summed E-state index contributed by atoms with van der Waals surface area (Å²) in [6.45, 7) is 6.33. The molecule has 0 unspecified atom stereocenters. The number of rotatable bonds is 3. The first-order chi connectivity index (χ1) is 7.84. The molecule has 0 amide bonds. The van der Waals surface area contributed by atoms with Crippen LogP contribution in [0.5, 0.6) is 0 Å². The van der Waals surface area contributed by atoms with Crippen molar-refractivity contribution in [2.45, 2.75) is 32.7 Å². The number of hydrogen-bond donors (Lipinski definition) is 2. The number of hydrogen-bond acceptors (Lipinski definition) is 1. The minimum absolute atomic E-state index is 0.0107. The van der Waals surface area contributed by atoms with Crippen molar-refractivity contribution in [3.05, 3.63) is 27.7 Å². The van der Waals surface area contributed by atoms with Crippen molar-refractivity contribution in [3.63, 3.8) is 0 Å². The summed E-state index contributed by atoms with van der Waals surface area (Å²) < 4.78 is 0.873. The lowest BCUT2D eigenvalue weighted by Crippen LogP contribution is -2.44. The number of anilines is 1. The molecule has 2 nitrogen and oxygen atoms in total. The Balaban J connectivity index is 2.65. The van der Waals surface area contributed by atoms with Gasteiger partial charge in [-0.3, -0.25) is 0 Å². The number of halogens is 2. The normalized spacial score (nSPS) is 11.1. The van der Waals surface area contributed by atoms with Crippen molar-refractivity contribution in [1.29, 1.82) is 0 Å². The molecular formula is C12H16BrClN2S. The fraction of sp³-hybridized carbons (Fsp3) is 0.417. The van der Waals surface area contributed by atoms with Crippen LogP contribution in [0, 0.1) is 0 Å². The Kier molecular flexibility index (Phi) is 5.22. The van der Waals surface area contributed by atoms with E-state index in [2.05, 4.69) is 47.3 Å². The first kappa shape index (κ1) is 14.7. The Morgan fingerprint density at radius 1 is 1.47 bits per heavy atom. The average molecular weight is 336 g/mol. The molecule has 0 saturated carbocycles. The van der Waals surface area contributed by atoms with E-state index in [1.165, 1.54) is 0 Å². The minimum Gasteiger partial charge on any atom is -0.358 e. The standard InChI is InChI=1S/C12H16BrClN2S/c1-4-12(2,3)16-11(17)15-8-5-6-9(13)10(14)7-8/h5-7H,4H2,1-3H3,(H2,15,16,17). The van der Waals surface area contributed by atoms with Gasteiger partial charge in [-0.15, -0.1) is 0 Å². The SMILES string of the molecule is CCC(C)(C)NC(=S)Nc1ccc(Br)c(Cl)c1. The van der Waals surface area contributed by atoms with E-state index in [1.807, 2.05) is 18.2 Å². The van der Waals surface area contributed by atoms with E-state index in [1.54, 1.807) is 0 Å². The summed E-state index contributed by atoms with van der Waals surface area (Å²) in [4.78, 5) is 0. The topological polar surface area (TPSA) is 24.1 Å². The van der Waals surface area contributed by atoms with E-state index in [0.29, 0.717) is 10.1 Å². The van der Waals surface area contributed by atoms with Gasteiger partial charge in [0.2, 0.25) is 0 Å². The van der Waals surface area contributed by atoms with Crippen LogP contribution in [0.1, 0.15) is 27.2 Å². The molecule has 0 fully saturated rings. The van der Waals surface area contributed by atoms with Crippen LogP contribution in [0.3, 0.4) is 0 Å². The summed E-state index contributed by atoms with van der Waals surface area (Å²) in [6.07, 6.45) is 0.996. The summed E-state index contributed by atoms with van der Waals surface area (Å²) in [7, 11) is 0. The average Bonchev–Trinajstić information content (AvgIpc) is 2.23. The largest absolute Gasteiger partial charge is 0.358 e. The maximum absolute atomic E-state index is 6.01. The molecule has 94 valence electrons. The Morgan fingerprint density at radius 3 is 2.65 bits per heavy atom. The Bertz CT molecular complexity index is 421. The van der Waals surface area contributed by atoms with Crippen molar-refractivity contribution < 1.29 is 0 Å². The van der Waals surface area contributed by atoms with Gasteiger partial charge in [0.15, 0.2) is 5.11 Å². The van der Waals surface area contributed by atoms with Crippen LogP contribution in [0.25, 0.3) is 0 Å². The van der Waals surface area contributed by atoms with Gasteiger partial charge in [-0.25, -0.2) is 0 Å². The Hall–Kier alpha value is -0.320. The molecule has 1 aromatic carbocycles. The predicted octanol–water partition coefficient (Wildman–Crippen LogP) is 4.58. The third-order valence-electron chi connectivity index (χ3n) is 2.51. The highest BCUT2D eigenvalue weighted by Gasteiger charge is 2.15. The molecule has 0 spiro atoms. The smallest absolute Gasteiger partial charge is 0.171 e. The minimum atomic E-state index is -0.0107. The van der Waals surface area contributed by atoms with Crippen LogP contribution in [0.4, 0.5) is 5.69 Å². The van der Waals surface area contributed by atoms with E-state index in [-0.39, 0.29) is 5.54 Å². The number of nitrogens with one attached hydrogen (secondary N) is 2. The zero-order chi connectivity index (χ0) is 13.1. The molecular weight excluding hydrogens is 320 g/mol. The second-order valence-corrected chi connectivity index (χ2v) is 6.12. The van der Waals surface area contributed by atoms with Crippen LogP contribution in [-0.2, 0) is 0 Å². The lowest BCUT2D eigenvalue weighted by Gasteiger charge is -2.26. The first-order valence-electron chi connectivity index (χ1n) is 5.38. The van der Waals surface area contributed by atoms with Crippen molar-refractivity contribution >= 4 is 50.5 Å². The van der Waals surface area contributed by atoms with Crippen LogP contribution < -0.4 is 10.6 Å². The lowest BCUT2D eigenvalue weighted by molar-refractivity contribution is 0.448. The molecule has 1 rings (SSSR count). The summed E-state index contributed by atoms with van der Waals surface area (Å²) in [5, 5.41) is 7.64. The fourth-order valence-electron chi connectivity index (χ4n) is 1.13. The molecule has 0 bridgehead atoms. The van der Waals surface area contributed by atoms with Crippen LogP contribution >= 0.6 is 39.7 Å². The summed E-state index contributed by atoms with van der Waals surface area (Å²) in [5.74, 6) is 0. The quantitative estimate of drug-likeness (QED) is 0.791. The molecule has 0 aromatic heterocycles. The van der Waals surface area contributed by atoms with Crippen molar-refractivity contribution in [1.82, 2.24) is 5.32 Å². The molecule has 0 heterocycles. The van der Waals surface area contributed by atoms with E-state index in [4.69, 9.17) is 23.8 Å². The highest BCUT2D eigenvalue weighted by Crippen LogP contribution is 2.25. The predicted molar refractivity (Wildman–Crippen MR) is 82.9 cm³/mol. The molecule has 0 saturated heterocycles. The zero-order valence-corrected chi connectivity index (χ0v) is 13.3. The highest BCUT2D eigenvalue weighted by molar-refractivity contribution is 9.10. The number of benzene rings is 1. The zero-order valence-electron chi connectivity index (χ0n) is 10.1. The molecule has 0 aliphatic carbocycles. The molecule has 0 aliphatic heterocycles. The summed E-state index contributed by atoms with van der Waals surface area (Å²) in [6, 6.07) is 5.64. The molecule has 0 atom stereocenters. The number of thiocarbonyl (C=S) groups is 1. The Morgan fingerprint density at radius 2 is 2.12 bits per heavy atom. The molecule has 1 aromatic rings. The second kappa shape index (κ2) is 6.03. The summed E-state index contributed by atoms with van der Waals surface area (Å²) in [5.41, 5.74) is 0.867. The van der Waals surface area contributed by atoms with Crippen molar-refractivity contribution in [2.24, 2.45) is 0 Å². The van der Waals surface area contributed by atoms with Gasteiger partial charge in [-0.05, 0) is 66.6 Å². The molecule has 0 radical (unpaired) electrons. The monoisotopic (exact) mass is 334 g/mol. The van der Waals surface area contributed by atoms with E-state index in [0.717, 1.165) is 16.6 Å². The lowest BCUT2D eigenvalue weighted by atomic mass is 10.0. The Labute approximate surface area is 121 Å². The van der Waals surface area contributed by atoms with Crippen LogP contribution in [0.2, 0.25) is 5.02 Å². The van der Waals surface area contributed by atoms with Gasteiger partial charge >= 0.3 is 0 Å². The van der Waals surface area contributed by atoms with E-state index in [9.17, 15) is 0 Å². The van der Waals surface area contributed by atoms with Gasteiger partial charge in [0.1, 0.15) is 0 Å². The third kappa shape index (κ3) is 4.82. The van der Waals surface area contributed by atoms with Gasteiger partial charge in [0.05, 0.1) is 5.02 Å². The van der Waals surface area contributed by atoms with Gasteiger partial charge in [0.25, 0.3) is 0 Å². The molecule has 0 aliphatic rings. The van der Waals surface area contributed by atoms with Crippen LogP contribution in [0.15, 0.2) is 22.7 Å². The second-order valence-electron chi connectivity index (χ2n) is 4.45. The van der Waals surface area contributed by atoms with Gasteiger partial charge < -0.3 is 10.6 Å². The van der Waals surface area contributed by atoms with E-state index >= 15 is 0 Å². The molecule has 17 heavy (non-hydrogen) atoms.